The Kier molecular flexibility index (Phi) is 4.61. The van der Waals surface area contributed by atoms with Gasteiger partial charge in [0.15, 0.2) is 11.2 Å². The molecule has 0 bridgehead atoms. The first-order valence-corrected chi connectivity index (χ1v) is 9.85. The smallest absolute Gasteiger partial charge is 0.332 e. The van der Waals surface area contributed by atoms with Crippen molar-refractivity contribution in [3.63, 3.8) is 0 Å². The molecule has 0 spiro atoms. The van der Waals surface area contributed by atoms with Crippen molar-refractivity contribution in [2.45, 2.75) is 40.4 Å². The average Bonchev–Trinajstić information content (AvgIpc) is 3.04. The van der Waals surface area contributed by atoms with E-state index < -0.39 is 0 Å². The summed E-state index contributed by atoms with van der Waals surface area (Å²) in [6, 6.07) is 10.2. The fraction of sp³-hybridized carbons (Fsp3) is 0.476. The SMILES string of the molecule is CC(C)Cn1c(=O)c2c(nc3n2C[C@H](C)CN3Cc2ccccc2)n(C)c1=O. The van der Waals surface area contributed by atoms with Gasteiger partial charge in [-0.2, -0.15) is 4.98 Å². The Balaban J connectivity index is 1.90. The lowest BCUT2D eigenvalue weighted by atomic mass is 10.1. The molecule has 0 N–H and O–H groups in total. The van der Waals surface area contributed by atoms with Crippen LogP contribution in [0.1, 0.15) is 26.3 Å². The molecule has 0 radical (unpaired) electrons. The largest absolute Gasteiger partial charge is 0.338 e. The van der Waals surface area contributed by atoms with E-state index >= 15 is 0 Å². The normalized spacial score (nSPS) is 16.8. The molecule has 3 heterocycles. The molecule has 0 amide bonds. The first-order valence-electron chi connectivity index (χ1n) is 9.85. The van der Waals surface area contributed by atoms with Gasteiger partial charge in [-0.15, -0.1) is 0 Å². The Morgan fingerprint density at radius 1 is 1.14 bits per heavy atom. The third-order valence-electron chi connectivity index (χ3n) is 5.29. The maximum absolute atomic E-state index is 13.2. The molecular weight excluding hydrogens is 354 g/mol. The fourth-order valence-corrected chi connectivity index (χ4v) is 4.07. The molecule has 0 unspecified atom stereocenters. The van der Waals surface area contributed by atoms with Crippen LogP contribution in [0.2, 0.25) is 0 Å². The van der Waals surface area contributed by atoms with E-state index in [0.29, 0.717) is 23.6 Å². The first-order chi connectivity index (χ1) is 13.4. The standard InChI is InChI=1S/C21H27N5O2/c1-14(2)10-26-19(27)17-18(23(4)21(26)28)22-20-24(11-15(3)12-25(17)20)13-16-8-6-5-7-9-16/h5-9,14-15H,10-13H2,1-4H3/t15-/m1/s1. The number of imidazole rings is 1. The maximum atomic E-state index is 13.2. The van der Waals surface area contributed by atoms with E-state index in [-0.39, 0.29) is 17.2 Å². The number of anilines is 1. The molecule has 3 aromatic rings. The summed E-state index contributed by atoms with van der Waals surface area (Å²) in [6.45, 7) is 8.92. The minimum absolute atomic E-state index is 0.208. The highest BCUT2D eigenvalue weighted by molar-refractivity contribution is 5.75. The third kappa shape index (κ3) is 3.04. The summed E-state index contributed by atoms with van der Waals surface area (Å²) >= 11 is 0. The van der Waals surface area contributed by atoms with Crippen molar-refractivity contribution in [1.82, 2.24) is 18.7 Å². The van der Waals surface area contributed by atoms with Crippen molar-refractivity contribution < 1.29 is 0 Å². The molecular formula is C21H27N5O2. The average molecular weight is 381 g/mol. The Bertz CT molecular complexity index is 1120. The third-order valence-corrected chi connectivity index (χ3v) is 5.29. The monoisotopic (exact) mass is 381 g/mol. The van der Waals surface area contributed by atoms with Gasteiger partial charge in [0.05, 0.1) is 0 Å². The van der Waals surface area contributed by atoms with Crippen LogP contribution in [0.4, 0.5) is 5.95 Å². The fourth-order valence-electron chi connectivity index (χ4n) is 4.07. The van der Waals surface area contributed by atoms with Crippen LogP contribution in [0.15, 0.2) is 39.9 Å². The van der Waals surface area contributed by atoms with Crippen LogP contribution in [0.5, 0.6) is 0 Å². The van der Waals surface area contributed by atoms with Gasteiger partial charge >= 0.3 is 5.69 Å². The second-order valence-electron chi connectivity index (χ2n) is 8.32. The molecule has 2 aromatic heterocycles. The molecule has 0 aliphatic carbocycles. The van der Waals surface area contributed by atoms with E-state index in [4.69, 9.17) is 4.98 Å². The Hall–Kier alpha value is -2.83. The number of rotatable bonds is 4. The highest BCUT2D eigenvalue weighted by Gasteiger charge is 2.29. The Morgan fingerprint density at radius 3 is 2.54 bits per heavy atom. The van der Waals surface area contributed by atoms with Gasteiger partial charge in [0.2, 0.25) is 5.95 Å². The molecule has 1 aliphatic heterocycles. The zero-order chi connectivity index (χ0) is 20.0. The predicted molar refractivity (Wildman–Crippen MR) is 111 cm³/mol. The van der Waals surface area contributed by atoms with Crippen LogP contribution in [0.3, 0.4) is 0 Å². The molecule has 0 saturated heterocycles. The van der Waals surface area contributed by atoms with E-state index in [0.717, 1.165) is 25.6 Å². The summed E-state index contributed by atoms with van der Waals surface area (Å²) in [5.74, 6) is 1.36. The van der Waals surface area contributed by atoms with Gasteiger partial charge in [-0.1, -0.05) is 51.1 Å². The molecule has 28 heavy (non-hydrogen) atoms. The zero-order valence-corrected chi connectivity index (χ0v) is 16.9. The minimum atomic E-state index is -0.302. The van der Waals surface area contributed by atoms with Crippen LogP contribution >= 0.6 is 0 Å². The van der Waals surface area contributed by atoms with Gasteiger partial charge in [0, 0.05) is 33.2 Å². The van der Waals surface area contributed by atoms with Gasteiger partial charge in [0.1, 0.15) is 0 Å². The van der Waals surface area contributed by atoms with Crippen LogP contribution in [0, 0.1) is 11.8 Å². The molecule has 4 rings (SSSR count). The highest BCUT2D eigenvalue weighted by Crippen LogP contribution is 2.28. The van der Waals surface area contributed by atoms with Crippen molar-refractivity contribution in [1.29, 1.82) is 0 Å². The van der Waals surface area contributed by atoms with E-state index in [9.17, 15) is 9.59 Å². The second-order valence-corrected chi connectivity index (χ2v) is 8.32. The molecule has 0 fully saturated rings. The molecule has 1 aromatic carbocycles. The van der Waals surface area contributed by atoms with Crippen molar-refractivity contribution in [3.05, 3.63) is 56.7 Å². The van der Waals surface area contributed by atoms with Gasteiger partial charge in [0.25, 0.3) is 5.56 Å². The van der Waals surface area contributed by atoms with Gasteiger partial charge in [-0.05, 0) is 17.4 Å². The van der Waals surface area contributed by atoms with Crippen molar-refractivity contribution in [2.24, 2.45) is 18.9 Å². The number of fused-ring (bicyclic) bond motifs is 3. The lowest BCUT2D eigenvalue weighted by Crippen LogP contribution is -2.41. The van der Waals surface area contributed by atoms with Crippen LogP contribution < -0.4 is 16.1 Å². The Labute approximate surface area is 163 Å². The summed E-state index contributed by atoms with van der Waals surface area (Å²) < 4.78 is 4.86. The molecule has 1 atom stereocenters. The van der Waals surface area contributed by atoms with Gasteiger partial charge < -0.3 is 9.47 Å². The van der Waals surface area contributed by atoms with Crippen LogP contribution in [0.25, 0.3) is 11.2 Å². The number of hydrogen-bond acceptors (Lipinski definition) is 4. The molecule has 7 nitrogen and oxygen atoms in total. The highest BCUT2D eigenvalue weighted by atomic mass is 16.2. The van der Waals surface area contributed by atoms with E-state index in [2.05, 4.69) is 24.0 Å². The molecule has 0 saturated carbocycles. The maximum Gasteiger partial charge on any atom is 0.332 e. The number of nitrogens with zero attached hydrogens (tertiary/aromatic N) is 5. The number of hydrogen-bond donors (Lipinski definition) is 0. The summed E-state index contributed by atoms with van der Waals surface area (Å²) in [4.78, 5) is 32.9. The van der Waals surface area contributed by atoms with E-state index in [1.165, 1.54) is 14.7 Å². The Morgan fingerprint density at radius 2 is 1.86 bits per heavy atom. The van der Waals surface area contributed by atoms with E-state index in [1.807, 2.05) is 36.6 Å². The summed E-state index contributed by atoms with van der Waals surface area (Å²) in [5, 5.41) is 0. The first kappa shape index (κ1) is 18.5. The topological polar surface area (TPSA) is 65.1 Å². The summed E-state index contributed by atoms with van der Waals surface area (Å²) in [7, 11) is 1.70. The quantitative estimate of drug-likeness (QED) is 0.695. The van der Waals surface area contributed by atoms with Crippen molar-refractivity contribution in [2.75, 3.05) is 11.4 Å². The second kappa shape index (κ2) is 6.96. The zero-order valence-electron chi connectivity index (χ0n) is 16.9. The molecule has 7 heteroatoms. The minimum Gasteiger partial charge on any atom is -0.338 e. The number of aromatic nitrogens is 4. The molecule has 1 aliphatic rings. The van der Waals surface area contributed by atoms with Gasteiger partial charge in [-0.25, -0.2) is 4.79 Å². The van der Waals surface area contributed by atoms with Crippen LogP contribution in [-0.2, 0) is 26.7 Å². The van der Waals surface area contributed by atoms with Crippen molar-refractivity contribution >= 4 is 17.1 Å². The van der Waals surface area contributed by atoms with Crippen molar-refractivity contribution in [3.8, 4) is 0 Å². The van der Waals surface area contributed by atoms with E-state index in [1.54, 1.807) is 7.05 Å². The number of benzene rings is 1. The lowest BCUT2D eigenvalue weighted by Gasteiger charge is -2.33. The number of aryl methyl sites for hydroxylation is 1. The molecule has 148 valence electrons. The van der Waals surface area contributed by atoms with Gasteiger partial charge in [-0.3, -0.25) is 13.9 Å². The summed E-state index contributed by atoms with van der Waals surface area (Å²) in [5.41, 5.74) is 1.66. The van der Waals surface area contributed by atoms with Crippen LogP contribution in [-0.4, -0.2) is 25.2 Å². The lowest BCUT2D eigenvalue weighted by molar-refractivity contribution is 0.433. The summed E-state index contributed by atoms with van der Waals surface area (Å²) in [6.07, 6.45) is 0. The predicted octanol–water partition coefficient (Wildman–Crippen LogP) is 2.21.